The SMILES string of the molecule is O=C(Nc1ccc(F)cc1)c1ccnc(N2CCN(c3ccccn3)CC2)c1. The summed E-state index contributed by atoms with van der Waals surface area (Å²) in [6, 6.07) is 15.1. The van der Waals surface area contributed by atoms with E-state index in [0.717, 1.165) is 37.8 Å². The van der Waals surface area contributed by atoms with Gasteiger partial charge in [0.05, 0.1) is 0 Å². The van der Waals surface area contributed by atoms with Crippen molar-refractivity contribution in [1.29, 1.82) is 0 Å². The molecule has 1 aliphatic heterocycles. The zero-order valence-corrected chi connectivity index (χ0v) is 15.3. The topological polar surface area (TPSA) is 61.4 Å². The first kappa shape index (κ1) is 17.9. The third-order valence-corrected chi connectivity index (χ3v) is 4.69. The molecule has 0 atom stereocenters. The maximum Gasteiger partial charge on any atom is 0.255 e. The van der Waals surface area contributed by atoms with Crippen LogP contribution in [-0.4, -0.2) is 42.1 Å². The average Bonchev–Trinajstić information content (AvgIpc) is 2.76. The number of aromatic nitrogens is 2. The van der Waals surface area contributed by atoms with E-state index in [4.69, 9.17) is 0 Å². The largest absolute Gasteiger partial charge is 0.353 e. The van der Waals surface area contributed by atoms with Crippen molar-refractivity contribution >= 4 is 23.2 Å². The van der Waals surface area contributed by atoms with E-state index >= 15 is 0 Å². The molecule has 1 saturated heterocycles. The van der Waals surface area contributed by atoms with Gasteiger partial charge in [-0.25, -0.2) is 14.4 Å². The van der Waals surface area contributed by atoms with Crippen LogP contribution in [0.25, 0.3) is 0 Å². The van der Waals surface area contributed by atoms with Gasteiger partial charge >= 0.3 is 0 Å². The monoisotopic (exact) mass is 377 g/mol. The van der Waals surface area contributed by atoms with Crippen molar-refractivity contribution in [1.82, 2.24) is 9.97 Å². The van der Waals surface area contributed by atoms with E-state index in [-0.39, 0.29) is 11.7 Å². The predicted octanol–water partition coefficient (Wildman–Crippen LogP) is 3.19. The fourth-order valence-electron chi connectivity index (χ4n) is 3.17. The third kappa shape index (κ3) is 4.09. The lowest BCUT2D eigenvalue weighted by molar-refractivity contribution is 0.102. The van der Waals surface area contributed by atoms with Crippen molar-refractivity contribution < 1.29 is 9.18 Å². The van der Waals surface area contributed by atoms with Crippen molar-refractivity contribution in [3.63, 3.8) is 0 Å². The van der Waals surface area contributed by atoms with Crippen LogP contribution in [0.15, 0.2) is 67.0 Å². The van der Waals surface area contributed by atoms with E-state index < -0.39 is 0 Å². The third-order valence-electron chi connectivity index (χ3n) is 4.69. The minimum atomic E-state index is -0.339. The Morgan fingerprint density at radius 3 is 2.21 bits per heavy atom. The maximum atomic E-state index is 13.0. The Kier molecular flexibility index (Phi) is 5.14. The van der Waals surface area contributed by atoms with Gasteiger partial charge in [0.1, 0.15) is 17.5 Å². The zero-order chi connectivity index (χ0) is 19.3. The summed E-state index contributed by atoms with van der Waals surface area (Å²) in [5.41, 5.74) is 1.07. The molecule has 28 heavy (non-hydrogen) atoms. The van der Waals surface area contributed by atoms with Gasteiger partial charge in [-0.3, -0.25) is 4.79 Å². The Balaban J connectivity index is 1.41. The van der Waals surface area contributed by atoms with Crippen LogP contribution in [0.5, 0.6) is 0 Å². The van der Waals surface area contributed by atoms with Crippen molar-refractivity contribution in [3.8, 4) is 0 Å². The lowest BCUT2D eigenvalue weighted by Crippen LogP contribution is -2.47. The van der Waals surface area contributed by atoms with Gasteiger partial charge in [0.25, 0.3) is 5.91 Å². The van der Waals surface area contributed by atoms with E-state index in [1.165, 1.54) is 24.3 Å². The number of amides is 1. The van der Waals surface area contributed by atoms with Crippen molar-refractivity contribution in [2.75, 3.05) is 41.3 Å². The highest BCUT2D eigenvalue weighted by Crippen LogP contribution is 2.19. The summed E-state index contributed by atoms with van der Waals surface area (Å²) in [6.07, 6.45) is 3.44. The number of rotatable bonds is 4. The maximum absolute atomic E-state index is 13.0. The van der Waals surface area contributed by atoms with Gasteiger partial charge in [0, 0.05) is 49.8 Å². The summed E-state index contributed by atoms with van der Waals surface area (Å²) in [6.45, 7) is 3.27. The molecule has 1 N–H and O–H groups in total. The van der Waals surface area contributed by atoms with Crippen molar-refractivity contribution in [2.24, 2.45) is 0 Å². The summed E-state index contributed by atoms with van der Waals surface area (Å²) < 4.78 is 13.0. The van der Waals surface area contributed by atoms with Crippen LogP contribution >= 0.6 is 0 Å². The molecule has 4 rings (SSSR count). The number of hydrogen-bond acceptors (Lipinski definition) is 5. The zero-order valence-electron chi connectivity index (χ0n) is 15.3. The second-order valence-corrected chi connectivity index (χ2v) is 6.53. The summed E-state index contributed by atoms with van der Waals surface area (Å²) in [4.78, 5) is 25.7. The molecule has 0 spiro atoms. The molecule has 0 radical (unpaired) electrons. The highest BCUT2D eigenvalue weighted by Gasteiger charge is 2.19. The lowest BCUT2D eigenvalue weighted by atomic mass is 10.2. The Morgan fingerprint density at radius 1 is 0.857 bits per heavy atom. The van der Waals surface area contributed by atoms with Gasteiger partial charge in [-0.05, 0) is 48.5 Å². The molecule has 0 aliphatic carbocycles. The molecular weight excluding hydrogens is 357 g/mol. The van der Waals surface area contributed by atoms with Gasteiger partial charge in [-0.2, -0.15) is 0 Å². The van der Waals surface area contributed by atoms with Gasteiger partial charge in [-0.15, -0.1) is 0 Å². The lowest BCUT2D eigenvalue weighted by Gasteiger charge is -2.36. The normalized spacial score (nSPS) is 14.0. The van der Waals surface area contributed by atoms with Crippen molar-refractivity contribution in [2.45, 2.75) is 0 Å². The van der Waals surface area contributed by atoms with Gasteiger partial charge in [-0.1, -0.05) is 6.07 Å². The number of carbonyl (C=O) groups is 1. The first-order valence-corrected chi connectivity index (χ1v) is 9.13. The fraction of sp³-hybridized carbons (Fsp3) is 0.190. The number of anilines is 3. The highest BCUT2D eigenvalue weighted by molar-refractivity contribution is 6.04. The molecule has 142 valence electrons. The van der Waals surface area contributed by atoms with Gasteiger partial charge < -0.3 is 15.1 Å². The van der Waals surface area contributed by atoms with Crippen LogP contribution < -0.4 is 15.1 Å². The Hall–Kier alpha value is -3.48. The summed E-state index contributed by atoms with van der Waals surface area (Å²) in [5, 5.41) is 2.78. The summed E-state index contributed by atoms with van der Waals surface area (Å²) in [5.74, 6) is 1.16. The molecule has 3 heterocycles. The van der Waals surface area contributed by atoms with Gasteiger partial charge in [0.2, 0.25) is 0 Å². The first-order valence-electron chi connectivity index (χ1n) is 9.13. The molecule has 0 unspecified atom stereocenters. The minimum Gasteiger partial charge on any atom is -0.353 e. The Labute approximate surface area is 162 Å². The van der Waals surface area contributed by atoms with Crippen LogP contribution in [0.1, 0.15) is 10.4 Å². The smallest absolute Gasteiger partial charge is 0.255 e. The molecule has 1 amide bonds. The van der Waals surface area contributed by atoms with Crippen LogP contribution in [0.4, 0.5) is 21.7 Å². The summed E-state index contributed by atoms with van der Waals surface area (Å²) in [7, 11) is 0. The number of piperazine rings is 1. The van der Waals surface area contributed by atoms with E-state index in [0.29, 0.717) is 11.3 Å². The van der Waals surface area contributed by atoms with Crippen LogP contribution in [-0.2, 0) is 0 Å². The number of benzene rings is 1. The molecule has 7 heteroatoms. The molecule has 2 aromatic heterocycles. The van der Waals surface area contributed by atoms with E-state index in [1.54, 1.807) is 24.5 Å². The van der Waals surface area contributed by atoms with Crippen molar-refractivity contribution in [3.05, 3.63) is 78.4 Å². The molecule has 3 aromatic rings. The molecule has 0 saturated carbocycles. The van der Waals surface area contributed by atoms with Crippen LogP contribution in [0.2, 0.25) is 0 Å². The standard InChI is InChI=1S/C21H20FN5O/c22-17-4-6-18(7-5-17)25-21(28)16-8-10-24-20(15-16)27-13-11-26(12-14-27)19-3-1-2-9-23-19/h1-10,15H,11-14H2,(H,25,28). The predicted molar refractivity (Wildman–Crippen MR) is 107 cm³/mol. The van der Waals surface area contributed by atoms with Crippen LogP contribution in [0, 0.1) is 5.82 Å². The quantitative estimate of drug-likeness (QED) is 0.757. The Bertz CT molecular complexity index is 941. The molecular formula is C21H20FN5O. The highest BCUT2D eigenvalue weighted by atomic mass is 19.1. The molecule has 1 fully saturated rings. The number of hydrogen-bond donors (Lipinski definition) is 1. The fourth-order valence-corrected chi connectivity index (χ4v) is 3.17. The molecule has 0 bridgehead atoms. The number of nitrogens with one attached hydrogen (secondary N) is 1. The number of nitrogens with zero attached hydrogens (tertiary/aromatic N) is 4. The van der Waals surface area contributed by atoms with Gasteiger partial charge in [0.15, 0.2) is 0 Å². The number of pyridine rings is 2. The summed E-state index contributed by atoms with van der Waals surface area (Å²) >= 11 is 0. The molecule has 1 aliphatic rings. The average molecular weight is 377 g/mol. The number of carbonyl (C=O) groups excluding carboxylic acids is 1. The second kappa shape index (κ2) is 8.04. The minimum absolute atomic E-state index is 0.248. The first-order chi connectivity index (χ1) is 13.7. The van der Waals surface area contributed by atoms with E-state index in [2.05, 4.69) is 25.1 Å². The Morgan fingerprint density at radius 2 is 1.54 bits per heavy atom. The van der Waals surface area contributed by atoms with E-state index in [9.17, 15) is 9.18 Å². The van der Waals surface area contributed by atoms with Crippen LogP contribution in [0.3, 0.4) is 0 Å². The molecule has 1 aromatic carbocycles. The van der Waals surface area contributed by atoms with E-state index in [1.807, 2.05) is 18.2 Å². The molecule has 6 nitrogen and oxygen atoms in total. The number of halogens is 1. The second-order valence-electron chi connectivity index (χ2n) is 6.53.